The van der Waals surface area contributed by atoms with E-state index >= 15 is 0 Å². The number of benzene rings is 1. The van der Waals surface area contributed by atoms with Crippen molar-refractivity contribution >= 4 is 11.6 Å². The first kappa shape index (κ1) is 13.7. The zero-order valence-electron chi connectivity index (χ0n) is 10.4. The maximum atomic E-state index is 11.0. The van der Waals surface area contributed by atoms with E-state index in [0.717, 1.165) is 17.7 Å². The van der Waals surface area contributed by atoms with Crippen molar-refractivity contribution < 1.29 is 9.90 Å². The second-order valence-electron chi connectivity index (χ2n) is 4.01. The van der Waals surface area contributed by atoms with Crippen LogP contribution in [0.3, 0.4) is 0 Å². The van der Waals surface area contributed by atoms with Gasteiger partial charge in [0.2, 0.25) is 5.91 Å². The summed E-state index contributed by atoms with van der Waals surface area (Å²) in [4.78, 5) is 11.0. The average molecular weight is 236 g/mol. The molecular weight excluding hydrogens is 216 g/mol. The molecule has 0 aliphatic heterocycles. The van der Waals surface area contributed by atoms with Gasteiger partial charge in [-0.25, -0.2) is 0 Å². The summed E-state index contributed by atoms with van der Waals surface area (Å²) in [7, 11) is 0. The summed E-state index contributed by atoms with van der Waals surface area (Å²) in [5, 5.41) is 15.1. The van der Waals surface area contributed by atoms with Crippen LogP contribution < -0.4 is 10.6 Å². The number of aliphatic hydroxyl groups excluding tert-OH is 1. The molecule has 4 heteroatoms. The number of aliphatic hydroxyl groups is 1. The van der Waals surface area contributed by atoms with Crippen molar-refractivity contribution in [1.29, 1.82) is 0 Å². The first-order chi connectivity index (χ1) is 8.17. The van der Waals surface area contributed by atoms with Gasteiger partial charge in [0, 0.05) is 25.2 Å². The number of hydrogen-bond acceptors (Lipinski definition) is 3. The number of nitrogens with one attached hydrogen (secondary N) is 2. The van der Waals surface area contributed by atoms with E-state index in [1.54, 1.807) is 0 Å². The molecule has 0 saturated carbocycles. The minimum atomic E-state index is -0.0772. The minimum Gasteiger partial charge on any atom is -0.395 e. The molecule has 0 bridgehead atoms. The van der Waals surface area contributed by atoms with Crippen molar-refractivity contribution in [3.8, 4) is 0 Å². The highest BCUT2D eigenvalue weighted by atomic mass is 16.3. The molecule has 0 fully saturated rings. The second kappa shape index (κ2) is 7.04. The van der Waals surface area contributed by atoms with Gasteiger partial charge in [-0.05, 0) is 18.1 Å². The van der Waals surface area contributed by atoms with Gasteiger partial charge in [-0.15, -0.1) is 0 Å². The molecule has 4 nitrogen and oxygen atoms in total. The Morgan fingerprint density at radius 1 is 1.41 bits per heavy atom. The highest BCUT2D eigenvalue weighted by molar-refractivity contribution is 5.89. The Hall–Kier alpha value is -1.39. The first-order valence-corrected chi connectivity index (χ1v) is 5.87. The van der Waals surface area contributed by atoms with E-state index in [1.165, 1.54) is 6.92 Å². The van der Waals surface area contributed by atoms with E-state index in [9.17, 15) is 4.79 Å². The third-order valence-corrected chi connectivity index (χ3v) is 2.62. The second-order valence-corrected chi connectivity index (χ2v) is 4.01. The molecule has 0 aromatic heterocycles. The average Bonchev–Trinajstić information content (AvgIpc) is 2.31. The van der Waals surface area contributed by atoms with Crippen LogP contribution in [0.2, 0.25) is 0 Å². The molecule has 0 aliphatic rings. The SMILES string of the molecule is CC[C@@H](CO)NCc1ccccc1NC(C)=O. The van der Waals surface area contributed by atoms with Crippen LogP contribution in [0.4, 0.5) is 5.69 Å². The summed E-state index contributed by atoms with van der Waals surface area (Å²) < 4.78 is 0. The molecule has 17 heavy (non-hydrogen) atoms. The molecule has 0 unspecified atom stereocenters. The molecule has 0 saturated heterocycles. The quantitative estimate of drug-likeness (QED) is 0.701. The number of para-hydroxylation sites is 1. The van der Waals surface area contributed by atoms with Crippen LogP contribution in [0.1, 0.15) is 25.8 Å². The standard InChI is InChI=1S/C13H20N2O2/c1-3-12(9-16)14-8-11-6-4-5-7-13(11)15-10(2)17/h4-7,12,14,16H,3,8-9H2,1-2H3,(H,15,17)/t12-/m0/s1. The van der Waals surface area contributed by atoms with Gasteiger partial charge in [0.1, 0.15) is 0 Å². The maximum absolute atomic E-state index is 11.0. The summed E-state index contributed by atoms with van der Waals surface area (Å²) in [6, 6.07) is 7.75. The third-order valence-electron chi connectivity index (χ3n) is 2.62. The van der Waals surface area contributed by atoms with Gasteiger partial charge in [0.15, 0.2) is 0 Å². The number of anilines is 1. The van der Waals surface area contributed by atoms with Crippen molar-refractivity contribution in [2.45, 2.75) is 32.9 Å². The van der Waals surface area contributed by atoms with E-state index in [-0.39, 0.29) is 18.6 Å². The fourth-order valence-corrected chi connectivity index (χ4v) is 1.58. The summed E-state index contributed by atoms with van der Waals surface area (Å²) in [6.45, 7) is 4.27. The normalized spacial score (nSPS) is 12.2. The Bertz CT molecular complexity index is 362. The molecule has 1 amide bonds. The van der Waals surface area contributed by atoms with Crippen LogP contribution >= 0.6 is 0 Å². The number of hydrogen-bond donors (Lipinski definition) is 3. The molecular formula is C13H20N2O2. The van der Waals surface area contributed by atoms with Crippen molar-refractivity contribution in [3.05, 3.63) is 29.8 Å². The summed E-state index contributed by atoms with van der Waals surface area (Å²) >= 11 is 0. The minimum absolute atomic E-state index is 0.0772. The summed E-state index contributed by atoms with van der Waals surface area (Å²) in [5.74, 6) is -0.0772. The van der Waals surface area contributed by atoms with Gasteiger partial charge in [-0.2, -0.15) is 0 Å². The molecule has 1 aromatic rings. The van der Waals surface area contributed by atoms with E-state index in [1.807, 2.05) is 31.2 Å². The number of carbonyl (C=O) groups is 1. The number of carbonyl (C=O) groups excluding carboxylic acids is 1. The topological polar surface area (TPSA) is 61.4 Å². The van der Waals surface area contributed by atoms with Crippen LogP contribution in [-0.4, -0.2) is 23.7 Å². The van der Waals surface area contributed by atoms with E-state index in [0.29, 0.717) is 6.54 Å². The first-order valence-electron chi connectivity index (χ1n) is 5.87. The monoisotopic (exact) mass is 236 g/mol. The summed E-state index contributed by atoms with van der Waals surface area (Å²) in [5.41, 5.74) is 1.84. The zero-order chi connectivity index (χ0) is 12.7. The van der Waals surface area contributed by atoms with Crippen molar-refractivity contribution in [2.75, 3.05) is 11.9 Å². The highest BCUT2D eigenvalue weighted by Crippen LogP contribution is 2.14. The van der Waals surface area contributed by atoms with Crippen LogP contribution in [0.5, 0.6) is 0 Å². The Morgan fingerprint density at radius 3 is 2.71 bits per heavy atom. The van der Waals surface area contributed by atoms with Gasteiger partial charge in [0.25, 0.3) is 0 Å². The molecule has 3 N–H and O–H groups in total. The molecule has 0 radical (unpaired) electrons. The molecule has 1 rings (SSSR count). The van der Waals surface area contributed by atoms with Crippen molar-refractivity contribution in [3.63, 3.8) is 0 Å². The molecule has 94 valence electrons. The Labute approximate surface area is 102 Å². The van der Waals surface area contributed by atoms with Crippen LogP contribution in [0.15, 0.2) is 24.3 Å². The van der Waals surface area contributed by atoms with Gasteiger partial charge in [0.05, 0.1) is 6.61 Å². The van der Waals surface area contributed by atoms with Crippen molar-refractivity contribution in [1.82, 2.24) is 5.32 Å². The third kappa shape index (κ3) is 4.54. The van der Waals surface area contributed by atoms with E-state index < -0.39 is 0 Å². The zero-order valence-corrected chi connectivity index (χ0v) is 10.4. The lowest BCUT2D eigenvalue weighted by molar-refractivity contribution is -0.114. The summed E-state index contributed by atoms with van der Waals surface area (Å²) in [6.07, 6.45) is 0.874. The predicted octanol–water partition coefficient (Wildman–Crippen LogP) is 1.51. The fraction of sp³-hybridized carbons (Fsp3) is 0.462. The van der Waals surface area contributed by atoms with E-state index in [4.69, 9.17) is 5.11 Å². The van der Waals surface area contributed by atoms with Gasteiger partial charge in [-0.1, -0.05) is 25.1 Å². The van der Waals surface area contributed by atoms with Crippen molar-refractivity contribution in [2.24, 2.45) is 0 Å². The Kier molecular flexibility index (Phi) is 5.66. The van der Waals surface area contributed by atoms with Gasteiger partial charge in [-0.3, -0.25) is 4.79 Å². The maximum Gasteiger partial charge on any atom is 0.221 e. The molecule has 0 spiro atoms. The van der Waals surface area contributed by atoms with Crippen LogP contribution in [0.25, 0.3) is 0 Å². The molecule has 1 atom stereocenters. The Morgan fingerprint density at radius 2 is 2.12 bits per heavy atom. The van der Waals surface area contributed by atoms with Gasteiger partial charge < -0.3 is 15.7 Å². The molecule has 0 heterocycles. The highest BCUT2D eigenvalue weighted by Gasteiger charge is 2.06. The lowest BCUT2D eigenvalue weighted by atomic mass is 10.1. The number of amides is 1. The van der Waals surface area contributed by atoms with Crippen LogP contribution in [0, 0.1) is 0 Å². The lowest BCUT2D eigenvalue weighted by Gasteiger charge is -2.16. The molecule has 1 aromatic carbocycles. The molecule has 0 aliphatic carbocycles. The number of rotatable bonds is 6. The predicted molar refractivity (Wildman–Crippen MR) is 68.8 cm³/mol. The lowest BCUT2D eigenvalue weighted by Crippen LogP contribution is -2.31. The fourth-order valence-electron chi connectivity index (χ4n) is 1.58. The van der Waals surface area contributed by atoms with Crippen LogP contribution in [-0.2, 0) is 11.3 Å². The van der Waals surface area contributed by atoms with Gasteiger partial charge >= 0.3 is 0 Å². The largest absolute Gasteiger partial charge is 0.395 e. The van der Waals surface area contributed by atoms with E-state index in [2.05, 4.69) is 10.6 Å². The smallest absolute Gasteiger partial charge is 0.221 e. The Balaban J connectivity index is 2.66.